The van der Waals surface area contributed by atoms with Crippen LogP contribution in [0.1, 0.15) is 16.8 Å². The van der Waals surface area contributed by atoms with Crippen LogP contribution in [0, 0.1) is 13.8 Å². The molecule has 2 aromatic carbocycles. The Morgan fingerprint density at radius 1 is 1.03 bits per heavy atom. The van der Waals surface area contributed by atoms with E-state index in [0.717, 1.165) is 16.8 Å². The number of ether oxygens (including phenoxy) is 1. The molecular formula is C23H20ClN3O3. The highest BCUT2D eigenvalue weighted by molar-refractivity contribution is 6.30. The van der Waals surface area contributed by atoms with Gasteiger partial charge in [0.25, 0.3) is 5.56 Å². The Hall–Kier alpha value is -3.38. The van der Waals surface area contributed by atoms with Gasteiger partial charge in [0.2, 0.25) is 0 Å². The summed E-state index contributed by atoms with van der Waals surface area (Å²) in [7, 11) is 1.54. The fourth-order valence-electron chi connectivity index (χ4n) is 3.67. The monoisotopic (exact) mass is 421 g/mol. The van der Waals surface area contributed by atoms with Crippen LogP contribution in [-0.4, -0.2) is 21.2 Å². The predicted molar refractivity (Wildman–Crippen MR) is 118 cm³/mol. The summed E-state index contributed by atoms with van der Waals surface area (Å²) in [6.45, 7) is 3.77. The van der Waals surface area contributed by atoms with Gasteiger partial charge in [0.15, 0.2) is 5.65 Å². The van der Waals surface area contributed by atoms with Gasteiger partial charge in [-0.05, 0) is 55.3 Å². The van der Waals surface area contributed by atoms with Crippen LogP contribution in [0.4, 0.5) is 0 Å². The summed E-state index contributed by atoms with van der Waals surface area (Å²) in [5, 5.41) is 0.938. The number of aromatic nitrogens is 3. The van der Waals surface area contributed by atoms with E-state index < -0.39 is 5.69 Å². The Bertz CT molecular complexity index is 1390. The summed E-state index contributed by atoms with van der Waals surface area (Å²) in [5.41, 5.74) is 2.19. The summed E-state index contributed by atoms with van der Waals surface area (Å²) in [5.74, 6) is 0.509. The number of pyridine rings is 1. The second-order valence-corrected chi connectivity index (χ2v) is 7.53. The van der Waals surface area contributed by atoms with Gasteiger partial charge < -0.3 is 4.74 Å². The molecule has 2 aromatic heterocycles. The molecule has 0 amide bonds. The minimum Gasteiger partial charge on any atom is -0.495 e. The van der Waals surface area contributed by atoms with Gasteiger partial charge in [-0.2, -0.15) is 0 Å². The van der Waals surface area contributed by atoms with Crippen molar-refractivity contribution in [3.05, 3.63) is 97.3 Å². The first-order chi connectivity index (χ1) is 14.4. The molecule has 152 valence electrons. The smallest absolute Gasteiger partial charge is 0.337 e. The number of halogens is 1. The molecule has 4 rings (SSSR count). The first-order valence-corrected chi connectivity index (χ1v) is 9.80. The third kappa shape index (κ3) is 3.39. The molecule has 0 saturated carbocycles. The second-order valence-electron chi connectivity index (χ2n) is 7.09. The van der Waals surface area contributed by atoms with Crippen molar-refractivity contribution in [2.24, 2.45) is 0 Å². The quantitative estimate of drug-likeness (QED) is 0.501. The van der Waals surface area contributed by atoms with Crippen molar-refractivity contribution < 1.29 is 4.74 Å². The molecule has 0 fully saturated rings. The maximum atomic E-state index is 13.6. The first kappa shape index (κ1) is 19.9. The van der Waals surface area contributed by atoms with E-state index in [-0.39, 0.29) is 12.1 Å². The van der Waals surface area contributed by atoms with Crippen molar-refractivity contribution in [2.45, 2.75) is 20.4 Å². The lowest BCUT2D eigenvalue weighted by Gasteiger charge is -2.17. The molecule has 6 nitrogen and oxygen atoms in total. The Labute approximate surface area is 178 Å². The highest BCUT2D eigenvalue weighted by atomic mass is 35.5. The molecular weight excluding hydrogens is 402 g/mol. The molecule has 7 heteroatoms. The van der Waals surface area contributed by atoms with E-state index in [1.807, 2.05) is 38.1 Å². The van der Waals surface area contributed by atoms with E-state index in [4.69, 9.17) is 16.3 Å². The minimum absolute atomic E-state index is 0.0939. The van der Waals surface area contributed by atoms with E-state index in [9.17, 15) is 9.59 Å². The maximum absolute atomic E-state index is 13.6. The van der Waals surface area contributed by atoms with Gasteiger partial charge in [0.05, 0.1) is 24.7 Å². The van der Waals surface area contributed by atoms with Gasteiger partial charge in [-0.1, -0.05) is 35.9 Å². The van der Waals surface area contributed by atoms with Crippen LogP contribution in [0.2, 0.25) is 5.02 Å². The lowest BCUT2D eigenvalue weighted by atomic mass is 10.1. The topological polar surface area (TPSA) is 66.1 Å². The summed E-state index contributed by atoms with van der Waals surface area (Å²) < 4.78 is 8.13. The minimum atomic E-state index is -0.491. The maximum Gasteiger partial charge on any atom is 0.337 e. The van der Waals surface area contributed by atoms with Gasteiger partial charge in [-0.25, -0.2) is 14.3 Å². The normalized spacial score (nSPS) is 11.1. The zero-order valence-corrected chi connectivity index (χ0v) is 17.6. The highest BCUT2D eigenvalue weighted by Gasteiger charge is 2.20. The van der Waals surface area contributed by atoms with Crippen molar-refractivity contribution >= 4 is 22.6 Å². The first-order valence-electron chi connectivity index (χ1n) is 9.42. The summed E-state index contributed by atoms with van der Waals surface area (Å²) in [6, 6.07) is 16.1. The number of fused-ring (bicyclic) bond motifs is 1. The number of hydrogen-bond donors (Lipinski definition) is 0. The fourth-order valence-corrected chi connectivity index (χ4v) is 3.88. The molecule has 0 aliphatic heterocycles. The van der Waals surface area contributed by atoms with Crippen LogP contribution in [0.3, 0.4) is 0 Å². The largest absolute Gasteiger partial charge is 0.495 e. The molecule has 0 atom stereocenters. The van der Waals surface area contributed by atoms with Crippen molar-refractivity contribution in [1.82, 2.24) is 14.1 Å². The molecule has 0 spiro atoms. The van der Waals surface area contributed by atoms with Crippen molar-refractivity contribution in [2.75, 3.05) is 7.11 Å². The summed E-state index contributed by atoms with van der Waals surface area (Å²) in [6.07, 6.45) is 0. The predicted octanol–water partition coefficient (Wildman–Crippen LogP) is 3.87. The SMILES string of the molecule is COc1ccccc1-n1c(=O)n(Cc2cccc(Cl)c2)c(=O)c2c(C)cc(C)nc21. The molecule has 4 aromatic rings. The van der Waals surface area contributed by atoms with E-state index >= 15 is 0 Å². The summed E-state index contributed by atoms with van der Waals surface area (Å²) in [4.78, 5) is 31.5. The number of aryl methyl sites for hydroxylation is 2. The molecule has 2 heterocycles. The zero-order chi connectivity index (χ0) is 21.4. The Morgan fingerprint density at radius 3 is 2.53 bits per heavy atom. The van der Waals surface area contributed by atoms with Gasteiger partial charge in [0.1, 0.15) is 5.75 Å². The standard InChI is InChI=1S/C23H20ClN3O3/c1-14-11-15(2)25-21-20(14)22(28)26(13-16-7-6-8-17(24)12-16)23(29)27(21)18-9-4-5-10-19(18)30-3/h4-12H,13H2,1-3H3. The number of benzene rings is 2. The Kier molecular flexibility index (Phi) is 5.18. The average Bonchev–Trinajstić information content (AvgIpc) is 2.71. The summed E-state index contributed by atoms with van der Waals surface area (Å²) >= 11 is 6.10. The molecule has 0 saturated heterocycles. The molecule has 0 aliphatic carbocycles. The third-order valence-corrected chi connectivity index (χ3v) is 5.21. The molecule has 0 unspecified atom stereocenters. The van der Waals surface area contributed by atoms with Crippen molar-refractivity contribution in [3.8, 4) is 11.4 Å². The van der Waals surface area contributed by atoms with Crippen molar-refractivity contribution in [3.63, 3.8) is 0 Å². The van der Waals surface area contributed by atoms with Gasteiger partial charge in [0, 0.05) is 10.7 Å². The molecule has 30 heavy (non-hydrogen) atoms. The molecule has 0 N–H and O–H groups in total. The molecule has 0 radical (unpaired) electrons. The zero-order valence-electron chi connectivity index (χ0n) is 16.8. The van der Waals surface area contributed by atoms with E-state index in [1.54, 1.807) is 30.3 Å². The van der Waals surface area contributed by atoms with E-state index in [0.29, 0.717) is 27.5 Å². The second kappa shape index (κ2) is 7.80. The molecule has 0 aliphatic rings. The number of methoxy groups -OCH3 is 1. The number of para-hydroxylation sites is 2. The average molecular weight is 422 g/mol. The van der Waals surface area contributed by atoms with Crippen LogP contribution in [0.5, 0.6) is 5.75 Å². The van der Waals surface area contributed by atoms with Crippen LogP contribution in [-0.2, 0) is 6.54 Å². The van der Waals surface area contributed by atoms with Crippen LogP contribution in [0.15, 0.2) is 64.2 Å². The fraction of sp³-hybridized carbons (Fsp3) is 0.174. The van der Waals surface area contributed by atoms with Gasteiger partial charge in [-0.3, -0.25) is 9.36 Å². The Balaban J connectivity index is 2.12. The molecule has 0 bridgehead atoms. The van der Waals surface area contributed by atoms with Crippen LogP contribution < -0.4 is 16.0 Å². The lowest BCUT2D eigenvalue weighted by Crippen LogP contribution is -2.40. The third-order valence-electron chi connectivity index (χ3n) is 4.97. The highest BCUT2D eigenvalue weighted by Crippen LogP contribution is 2.24. The van der Waals surface area contributed by atoms with E-state index in [2.05, 4.69) is 4.98 Å². The van der Waals surface area contributed by atoms with Crippen molar-refractivity contribution in [1.29, 1.82) is 0 Å². The lowest BCUT2D eigenvalue weighted by molar-refractivity contribution is 0.412. The number of rotatable bonds is 4. The Morgan fingerprint density at radius 2 is 1.80 bits per heavy atom. The number of nitrogens with zero attached hydrogens (tertiary/aromatic N) is 3. The van der Waals surface area contributed by atoms with Gasteiger partial charge >= 0.3 is 5.69 Å². The van der Waals surface area contributed by atoms with E-state index in [1.165, 1.54) is 16.2 Å². The number of hydrogen-bond acceptors (Lipinski definition) is 4. The van der Waals surface area contributed by atoms with Gasteiger partial charge in [-0.15, -0.1) is 0 Å². The van der Waals surface area contributed by atoms with Crippen LogP contribution >= 0.6 is 11.6 Å². The van der Waals surface area contributed by atoms with Crippen LogP contribution in [0.25, 0.3) is 16.7 Å².